The molecule has 2 amide bonds. The maximum atomic E-state index is 12.4. The minimum Gasteiger partial charge on any atom is -0.450 e. The van der Waals surface area contributed by atoms with Crippen LogP contribution in [0.1, 0.15) is 19.4 Å². The number of carbonyl (C=O) groups excluding carboxylic acids is 2. The number of anilines is 1. The Morgan fingerprint density at radius 3 is 2.50 bits per heavy atom. The molecule has 0 aromatic heterocycles. The zero-order valence-electron chi connectivity index (χ0n) is 14.0. The molecular weight excluding hydrogens is 308 g/mol. The molecule has 1 fully saturated rings. The lowest BCUT2D eigenvalue weighted by atomic mass is 10.2. The monoisotopic (exact) mass is 331 g/mol. The first-order valence-electron chi connectivity index (χ1n) is 8.12. The van der Waals surface area contributed by atoms with E-state index in [-0.39, 0.29) is 18.0 Å². The Morgan fingerprint density at radius 1 is 1.33 bits per heavy atom. The summed E-state index contributed by atoms with van der Waals surface area (Å²) in [5.41, 5.74) is 1.23. The molecule has 24 heavy (non-hydrogen) atoms. The van der Waals surface area contributed by atoms with Gasteiger partial charge in [-0.25, -0.2) is 4.79 Å². The predicted molar refractivity (Wildman–Crippen MR) is 88.5 cm³/mol. The minimum absolute atomic E-state index is 0.0701. The van der Waals surface area contributed by atoms with Crippen LogP contribution >= 0.6 is 0 Å². The number of hydrogen-bond acceptors (Lipinski definition) is 4. The molecule has 7 heteroatoms. The van der Waals surface area contributed by atoms with Gasteiger partial charge >= 0.3 is 6.09 Å². The van der Waals surface area contributed by atoms with E-state index in [1.54, 1.807) is 36.1 Å². The highest BCUT2D eigenvalue weighted by atomic mass is 16.6. The second-order valence-electron chi connectivity index (χ2n) is 5.74. The molecule has 7 nitrogen and oxygen atoms in total. The Labute approximate surface area is 141 Å². The van der Waals surface area contributed by atoms with E-state index >= 15 is 0 Å². The van der Waals surface area contributed by atoms with Gasteiger partial charge in [-0.3, -0.25) is 9.69 Å². The summed E-state index contributed by atoms with van der Waals surface area (Å²) in [7, 11) is 0. The molecule has 0 spiro atoms. The number of nitrogens with one attached hydrogen (secondary N) is 2. The van der Waals surface area contributed by atoms with E-state index in [0.29, 0.717) is 44.0 Å². The first-order chi connectivity index (χ1) is 11.5. The topological polar surface area (TPSA) is 86.9 Å². The summed E-state index contributed by atoms with van der Waals surface area (Å²) in [5.74, 6) is -0.0701. The van der Waals surface area contributed by atoms with Gasteiger partial charge in [0.25, 0.3) is 5.91 Å². The van der Waals surface area contributed by atoms with Crippen molar-refractivity contribution in [3.8, 4) is 6.07 Å². The fraction of sp³-hybridized carbons (Fsp3) is 0.471. The van der Waals surface area contributed by atoms with Crippen molar-refractivity contribution in [1.29, 1.82) is 5.26 Å². The Kier molecular flexibility index (Phi) is 6.15. The fourth-order valence-electron chi connectivity index (χ4n) is 2.69. The van der Waals surface area contributed by atoms with Crippen LogP contribution in [0.4, 0.5) is 10.5 Å². The molecule has 0 bridgehead atoms. The van der Waals surface area contributed by atoms with Gasteiger partial charge in [0.2, 0.25) is 0 Å². The summed E-state index contributed by atoms with van der Waals surface area (Å²) in [6.07, 6.45) is -0.286. The molecule has 0 unspecified atom stereocenters. The van der Waals surface area contributed by atoms with E-state index in [0.717, 1.165) is 4.90 Å². The maximum absolute atomic E-state index is 12.4. The number of rotatable bonds is 4. The van der Waals surface area contributed by atoms with Gasteiger partial charge in [-0.15, -0.1) is 0 Å². The highest BCUT2D eigenvalue weighted by molar-refractivity contribution is 5.93. The lowest BCUT2D eigenvalue weighted by Crippen LogP contribution is -3.19. The molecule has 1 saturated heterocycles. The van der Waals surface area contributed by atoms with Crippen LogP contribution in [0.2, 0.25) is 0 Å². The predicted octanol–water partition coefficient (Wildman–Crippen LogP) is 0.242. The summed E-state index contributed by atoms with van der Waals surface area (Å²) in [6, 6.07) is 8.61. The molecule has 1 aromatic rings. The number of hydrogen-bond donors (Lipinski definition) is 2. The molecule has 2 rings (SSSR count). The lowest BCUT2D eigenvalue weighted by molar-refractivity contribution is -0.917. The van der Waals surface area contributed by atoms with Crippen molar-refractivity contribution < 1.29 is 19.2 Å². The molecule has 1 heterocycles. The zero-order valence-corrected chi connectivity index (χ0v) is 14.0. The van der Waals surface area contributed by atoms with E-state index in [2.05, 4.69) is 5.32 Å². The average molecular weight is 331 g/mol. The first-order valence-corrected chi connectivity index (χ1v) is 8.12. The molecule has 1 atom stereocenters. The number of nitrogens with zero attached hydrogens (tertiary/aromatic N) is 2. The van der Waals surface area contributed by atoms with Crippen LogP contribution < -0.4 is 10.2 Å². The standard InChI is InChI=1S/C17H22N4O3/c1-3-24-17(23)21-10-8-20(9-11-21)13(2)16(22)19-15-6-4-14(12-18)5-7-15/h4-7,13H,3,8-11H2,1-2H3,(H,19,22)/p+1/t13-/m0/s1. The smallest absolute Gasteiger partial charge is 0.410 e. The van der Waals surface area contributed by atoms with Gasteiger partial charge in [-0.2, -0.15) is 5.26 Å². The van der Waals surface area contributed by atoms with Crippen molar-refractivity contribution in [2.45, 2.75) is 19.9 Å². The maximum Gasteiger partial charge on any atom is 0.410 e. The van der Waals surface area contributed by atoms with E-state index in [1.807, 2.05) is 13.0 Å². The summed E-state index contributed by atoms with van der Waals surface area (Å²) in [4.78, 5) is 26.9. The van der Waals surface area contributed by atoms with Crippen LogP contribution in [-0.4, -0.2) is 55.7 Å². The third-order valence-corrected chi connectivity index (χ3v) is 4.22. The molecule has 1 aliphatic rings. The largest absolute Gasteiger partial charge is 0.450 e. The summed E-state index contributed by atoms with van der Waals surface area (Å²) < 4.78 is 5.00. The van der Waals surface area contributed by atoms with E-state index in [4.69, 9.17) is 10.00 Å². The number of carbonyl (C=O) groups is 2. The SMILES string of the molecule is CCOC(=O)N1CC[NH+]([C@@H](C)C(=O)Nc2ccc(C#N)cc2)CC1. The summed E-state index contributed by atoms with van der Waals surface area (Å²) >= 11 is 0. The number of benzene rings is 1. The molecule has 128 valence electrons. The minimum atomic E-state index is -0.286. The van der Waals surface area contributed by atoms with Gasteiger partial charge in [-0.05, 0) is 38.1 Å². The average Bonchev–Trinajstić information content (AvgIpc) is 2.62. The van der Waals surface area contributed by atoms with E-state index in [1.165, 1.54) is 0 Å². The first kappa shape index (κ1) is 17.8. The van der Waals surface area contributed by atoms with Gasteiger partial charge in [0.15, 0.2) is 6.04 Å². The zero-order chi connectivity index (χ0) is 17.5. The van der Waals surface area contributed by atoms with Crippen molar-refractivity contribution in [3.05, 3.63) is 29.8 Å². The second-order valence-corrected chi connectivity index (χ2v) is 5.74. The number of quaternary nitrogens is 1. The van der Waals surface area contributed by atoms with Crippen molar-refractivity contribution in [3.63, 3.8) is 0 Å². The van der Waals surface area contributed by atoms with Gasteiger partial charge in [0, 0.05) is 5.69 Å². The van der Waals surface area contributed by atoms with Gasteiger partial charge in [0.1, 0.15) is 0 Å². The summed E-state index contributed by atoms with van der Waals surface area (Å²) in [6.45, 7) is 6.63. The van der Waals surface area contributed by atoms with Crippen LogP contribution in [0.15, 0.2) is 24.3 Å². The van der Waals surface area contributed by atoms with Crippen molar-refractivity contribution >= 4 is 17.7 Å². The number of nitriles is 1. The molecular formula is C17H23N4O3+. The van der Waals surface area contributed by atoms with Crippen LogP contribution in [0.5, 0.6) is 0 Å². The highest BCUT2D eigenvalue weighted by Crippen LogP contribution is 2.08. The van der Waals surface area contributed by atoms with Crippen molar-refractivity contribution in [2.75, 3.05) is 38.1 Å². The molecule has 0 aliphatic carbocycles. The Hall–Kier alpha value is -2.59. The van der Waals surface area contributed by atoms with Gasteiger partial charge < -0.3 is 15.0 Å². The summed E-state index contributed by atoms with van der Waals surface area (Å²) in [5, 5.41) is 11.7. The Bertz CT molecular complexity index is 616. The van der Waals surface area contributed by atoms with E-state index in [9.17, 15) is 9.59 Å². The number of amides is 2. The second kappa shape index (κ2) is 8.31. The Morgan fingerprint density at radius 2 is 1.96 bits per heavy atom. The van der Waals surface area contributed by atoms with Gasteiger partial charge in [0.05, 0.1) is 44.4 Å². The van der Waals surface area contributed by atoms with Crippen molar-refractivity contribution in [1.82, 2.24) is 4.90 Å². The normalized spacial score (nSPS) is 16.1. The fourth-order valence-corrected chi connectivity index (χ4v) is 2.69. The third-order valence-electron chi connectivity index (χ3n) is 4.22. The van der Waals surface area contributed by atoms with Crippen molar-refractivity contribution in [2.24, 2.45) is 0 Å². The molecule has 0 saturated carbocycles. The number of ether oxygens (including phenoxy) is 1. The number of piperazine rings is 1. The molecule has 1 aromatic carbocycles. The molecule has 2 N–H and O–H groups in total. The lowest BCUT2D eigenvalue weighted by Gasteiger charge is -2.34. The van der Waals surface area contributed by atoms with Crippen LogP contribution in [0.3, 0.4) is 0 Å². The van der Waals surface area contributed by atoms with Crippen LogP contribution in [-0.2, 0) is 9.53 Å². The Balaban J connectivity index is 1.85. The molecule has 1 aliphatic heterocycles. The van der Waals surface area contributed by atoms with Crippen LogP contribution in [0.25, 0.3) is 0 Å². The quantitative estimate of drug-likeness (QED) is 0.828. The third kappa shape index (κ3) is 4.46. The van der Waals surface area contributed by atoms with Gasteiger partial charge in [-0.1, -0.05) is 0 Å². The van der Waals surface area contributed by atoms with Crippen LogP contribution in [0, 0.1) is 11.3 Å². The highest BCUT2D eigenvalue weighted by Gasteiger charge is 2.31. The van der Waals surface area contributed by atoms with E-state index < -0.39 is 0 Å². The molecule has 0 radical (unpaired) electrons.